The van der Waals surface area contributed by atoms with Gasteiger partial charge in [-0.15, -0.1) is 0 Å². The highest BCUT2D eigenvalue weighted by Crippen LogP contribution is 2.62. The average molecular weight is 466 g/mol. The number of carboxylic acid groups (broad SMARTS) is 1. The number of halogens is 1. The average Bonchev–Trinajstić information content (AvgIpc) is 2.70. The molecule has 2 N–H and O–H groups in total. The summed E-state index contributed by atoms with van der Waals surface area (Å²) in [6.45, 7) is 4.58. The molecule has 3 aliphatic rings. The third-order valence-electron chi connectivity index (χ3n) is 7.08. The van der Waals surface area contributed by atoms with Crippen LogP contribution in [0.5, 0.6) is 0 Å². The molecule has 0 aromatic heterocycles. The van der Waals surface area contributed by atoms with Crippen LogP contribution in [0.4, 0.5) is 0 Å². The molecule has 0 spiro atoms. The maximum absolute atomic E-state index is 12.7. The molecular weight excluding hydrogens is 434 g/mol. The minimum Gasteiger partial charge on any atom is -0.481 e. The standard InChI is InChI=1S/C24H32ClNO4S/c1-24(2)18-15-21(24)20(7-5-3-4-6-8-23(27)28)22(16-18)26-31(29,30)14-13-17-9-11-19(25)12-10-17/h3,5,9-14,18,20-22,26H,4,6-8,15-16H2,1-2H3,(H,27,28)/b5-3-,14-13?/t18-,20+,21+,22+/m1/s1. The minimum atomic E-state index is -3.56. The normalized spacial score (nSPS) is 27.5. The van der Waals surface area contributed by atoms with E-state index < -0.39 is 16.0 Å². The summed E-state index contributed by atoms with van der Waals surface area (Å²) in [6, 6.07) is 6.95. The van der Waals surface area contributed by atoms with Gasteiger partial charge in [0.2, 0.25) is 10.0 Å². The van der Waals surface area contributed by atoms with Crippen molar-refractivity contribution in [3.05, 3.63) is 52.4 Å². The molecule has 4 atom stereocenters. The lowest BCUT2D eigenvalue weighted by Gasteiger charge is -2.62. The second kappa shape index (κ2) is 9.88. The van der Waals surface area contributed by atoms with Gasteiger partial charge in [-0.25, -0.2) is 13.1 Å². The van der Waals surface area contributed by atoms with Crippen molar-refractivity contribution in [2.24, 2.45) is 23.2 Å². The molecule has 5 nitrogen and oxygen atoms in total. The molecule has 0 saturated heterocycles. The number of aliphatic carboxylic acids is 1. The highest BCUT2D eigenvalue weighted by molar-refractivity contribution is 7.92. The van der Waals surface area contributed by atoms with E-state index >= 15 is 0 Å². The van der Waals surface area contributed by atoms with Crippen molar-refractivity contribution in [2.75, 3.05) is 0 Å². The number of unbranched alkanes of at least 4 members (excludes halogenated alkanes) is 1. The molecule has 0 radical (unpaired) electrons. The number of fused-ring (bicyclic) bond motifs is 2. The zero-order chi connectivity index (χ0) is 22.6. The molecule has 3 fully saturated rings. The van der Waals surface area contributed by atoms with Gasteiger partial charge in [0, 0.05) is 22.9 Å². The van der Waals surface area contributed by atoms with E-state index in [1.165, 1.54) is 5.41 Å². The predicted octanol–water partition coefficient (Wildman–Crippen LogP) is 5.48. The lowest BCUT2D eigenvalue weighted by Crippen LogP contribution is -2.61. The molecule has 1 aromatic carbocycles. The van der Waals surface area contributed by atoms with Gasteiger partial charge in [-0.05, 0) is 79.0 Å². The molecule has 0 aliphatic heterocycles. The Morgan fingerprint density at radius 1 is 1.23 bits per heavy atom. The van der Waals surface area contributed by atoms with Crippen molar-refractivity contribution in [3.8, 4) is 0 Å². The molecule has 3 aliphatic carbocycles. The van der Waals surface area contributed by atoms with Gasteiger partial charge in [0.05, 0.1) is 0 Å². The molecule has 7 heteroatoms. The summed E-state index contributed by atoms with van der Waals surface area (Å²) in [5, 5.41) is 10.6. The molecule has 0 amide bonds. The highest BCUT2D eigenvalue weighted by atomic mass is 35.5. The summed E-state index contributed by atoms with van der Waals surface area (Å²) in [6.07, 6.45) is 10.1. The van der Waals surface area contributed by atoms with Crippen LogP contribution in [0.1, 0.15) is 57.9 Å². The Morgan fingerprint density at radius 2 is 1.94 bits per heavy atom. The van der Waals surface area contributed by atoms with Crippen LogP contribution in [-0.4, -0.2) is 25.5 Å². The number of hydrogen-bond donors (Lipinski definition) is 2. The zero-order valence-electron chi connectivity index (χ0n) is 18.1. The summed E-state index contributed by atoms with van der Waals surface area (Å²) in [5.41, 5.74) is 1.02. The quantitative estimate of drug-likeness (QED) is 0.354. The van der Waals surface area contributed by atoms with E-state index in [1.807, 2.05) is 6.08 Å². The molecule has 3 saturated carbocycles. The molecule has 0 heterocycles. The van der Waals surface area contributed by atoms with E-state index in [0.29, 0.717) is 23.3 Å². The zero-order valence-corrected chi connectivity index (χ0v) is 19.7. The third-order valence-corrected chi connectivity index (χ3v) is 8.46. The number of nitrogens with one attached hydrogen (secondary N) is 1. The Kier molecular flexibility index (Phi) is 7.66. The van der Waals surface area contributed by atoms with E-state index in [2.05, 4.69) is 24.6 Å². The third kappa shape index (κ3) is 6.21. The molecule has 4 rings (SSSR count). The SMILES string of the molecule is CC1(C)[C@H]2C[C@H](NS(=O)(=O)C=Cc3ccc(Cl)cc3)[C@@H](C/C=C\CCCC(=O)O)[C@@H]1C2. The maximum Gasteiger partial charge on any atom is 0.303 e. The summed E-state index contributed by atoms with van der Waals surface area (Å²) in [5.74, 6) is 0.502. The van der Waals surface area contributed by atoms with E-state index in [4.69, 9.17) is 16.7 Å². The van der Waals surface area contributed by atoms with Crippen molar-refractivity contribution >= 4 is 33.7 Å². The summed E-state index contributed by atoms with van der Waals surface area (Å²) >= 11 is 5.88. The fourth-order valence-electron chi connectivity index (χ4n) is 5.14. The number of carbonyl (C=O) groups is 1. The van der Waals surface area contributed by atoms with Crippen molar-refractivity contribution in [2.45, 2.75) is 58.4 Å². The first-order chi connectivity index (χ1) is 14.6. The second-order valence-corrected chi connectivity index (χ2v) is 11.4. The van der Waals surface area contributed by atoms with E-state index in [0.717, 1.165) is 31.2 Å². The molecule has 170 valence electrons. The number of sulfonamides is 1. The molecule has 31 heavy (non-hydrogen) atoms. The van der Waals surface area contributed by atoms with Crippen LogP contribution < -0.4 is 4.72 Å². The Balaban J connectivity index is 1.64. The fourth-order valence-corrected chi connectivity index (χ4v) is 6.38. The maximum atomic E-state index is 12.7. The van der Waals surface area contributed by atoms with Crippen molar-refractivity contribution in [1.82, 2.24) is 4.72 Å². The van der Waals surface area contributed by atoms with Crippen molar-refractivity contribution < 1.29 is 18.3 Å². The molecule has 1 aromatic rings. The van der Waals surface area contributed by atoms with E-state index in [1.54, 1.807) is 30.3 Å². The first-order valence-corrected chi connectivity index (χ1v) is 12.8. The molecule has 2 bridgehead atoms. The summed E-state index contributed by atoms with van der Waals surface area (Å²) < 4.78 is 28.4. The smallest absolute Gasteiger partial charge is 0.303 e. The highest BCUT2D eigenvalue weighted by Gasteiger charge is 2.57. The Morgan fingerprint density at radius 3 is 2.58 bits per heavy atom. The van der Waals surface area contributed by atoms with Crippen LogP contribution >= 0.6 is 11.6 Å². The van der Waals surface area contributed by atoms with Gasteiger partial charge in [0.25, 0.3) is 0 Å². The number of hydrogen-bond acceptors (Lipinski definition) is 3. The van der Waals surface area contributed by atoms with Gasteiger partial charge in [-0.3, -0.25) is 4.79 Å². The Bertz CT molecular complexity index is 937. The van der Waals surface area contributed by atoms with Gasteiger partial charge < -0.3 is 5.11 Å². The molecular formula is C24H32ClNO4S. The van der Waals surface area contributed by atoms with Crippen LogP contribution in [-0.2, 0) is 14.8 Å². The minimum absolute atomic E-state index is 0.0830. The van der Waals surface area contributed by atoms with Gasteiger partial charge in [-0.2, -0.15) is 0 Å². The van der Waals surface area contributed by atoms with Crippen LogP contribution in [0, 0.1) is 23.2 Å². The monoisotopic (exact) mass is 465 g/mol. The number of carboxylic acids is 1. The van der Waals surface area contributed by atoms with Gasteiger partial charge in [0.15, 0.2) is 0 Å². The lowest BCUT2D eigenvalue weighted by atomic mass is 9.44. The van der Waals surface area contributed by atoms with Crippen molar-refractivity contribution in [1.29, 1.82) is 0 Å². The van der Waals surface area contributed by atoms with Gasteiger partial charge >= 0.3 is 5.97 Å². The van der Waals surface area contributed by atoms with Gasteiger partial charge in [-0.1, -0.05) is 49.7 Å². The summed E-state index contributed by atoms with van der Waals surface area (Å²) in [4.78, 5) is 10.6. The van der Waals surface area contributed by atoms with Crippen LogP contribution in [0.2, 0.25) is 5.02 Å². The molecule has 0 unspecified atom stereocenters. The van der Waals surface area contributed by atoms with E-state index in [-0.39, 0.29) is 23.8 Å². The number of rotatable bonds is 10. The number of benzene rings is 1. The largest absolute Gasteiger partial charge is 0.481 e. The Labute approximate surface area is 190 Å². The van der Waals surface area contributed by atoms with Crippen LogP contribution in [0.15, 0.2) is 41.8 Å². The second-order valence-electron chi connectivity index (χ2n) is 9.38. The first kappa shape index (κ1) is 24.0. The van der Waals surface area contributed by atoms with Gasteiger partial charge in [0.1, 0.15) is 0 Å². The first-order valence-electron chi connectivity index (χ1n) is 10.9. The lowest BCUT2D eigenvalue weighted by molar-refractivity contribution is -0.137. The van der Waals surface area contributed by atoms with Crippen LogP contribution in [0.3, 0.4) is 0 Å². The summed E-state index contributed by atoms with van der Waals surface area (Å²) in [7, 11) is -3.56. The topological polar surface area (TPSA) is 83.5 Å². The van der Waals surface area contributed by atoms with Crippen LogP contribution in [0.25, 0.3) is 6.08 Å². The van der Waals surface area contributed by atoms with E-state index in [9.17, 15) is 13.2 Å². The Hall–Kier alpha value is -1.63. The fraction of sp³-hybridized carbons (Fsp3) is 0.542. The predicted molar refractivity (Wildman–Crippen MR) is 125 cm³/mol. The van der Waals surface area contributed by atoms with Crippen molar-refractivity contribution in [3.63, 3.8) is 0 Å². The number of allylic oxidation sites excluding steroid dienone is 2.